The first kappa shape index (κ1) is 21.5. The molecule has 0 amide bonds. The summed E-state index contributed by atoms with van der Waals surface area (Å²) in [6.45, 7) is 0. The van der Waals surface area contributed by atoms with Crippen molar-refractivity contribution >= 4 is 14.0 Å². The number of nitrogens with zero attached hydrogens (tertiary/aromatic N) is 3. The van der Waals surface area contributed by atoms with Crippen LogP contribution in [0, 0.1) is 11.3 Å². The minimum Gasteiger partial charge on any atom is -0.284 e. The van der Waals surface area contributed by atoms with Crippen LogP contribution in [0.15, 0.2) is 97.4 Å². The van der Waals surface area contributed by atoms with Crippen LogP contribution in [-0.4, -0.2) is 36.8 Å². The third kappa shape index (κ3) is 3.83. The van der Waals surface area contributed by atoms with Gasteiger partial charge in [0.25, 0.3) is 0 Å². The van der Waals surface area contributed by atoms with Crippen molar-refractivity contribution in [1.82, 2.24) is 9.88 Å². The summed E-state index contributed by atoms with van der Waals surface area (Å²) in [4.78, 5) is 7.19. The monoisotopic (exact) mass is 460 g/mol. The molecular weight excluding hydrogens is 430 g/mol. The summed E-state index contributed by atoms with van der Waals surface area (Å²) in [6.07, 6.45) is 27.5. The van der Waals surface area contributed by atoms with Gasteiger partial charge in [-0.05, 0) is 54.3 Å². The van der Waals surface area contributed by atoms with Crippen molar-refractivity contribution < 1.29 is 0 Å². The van der Waals surface area contributed by atoms with Crippen molar-refractivity contribution in [2.45, 2.75) is 60.8 Å². The summed E-state index contributed by atoms with van der Waals surface area (Å²) < 4.78 is 0. The maximum atomic E-state index is 9.36. The van der Waals surface area contributed by atoms with Crippen LogP contribution in [-0.2, 0) is 0 Å². The van der Waals surface area contributed by atoms with E-state index in [4.69, 9.17) is 0 Å². The molecule has 0 spiro atoms. The van der Waals surface area contributed by atoms with Gasteiger partial charge < -0.3 is 0 Å². The van der Waals surface area contributed by atoms with Gasteiger partial charge >= 0.3 is 0 Å². The summed E-state index contributed by atoms with van der Waals surface area (Å²) in [6, 6.07) is 17.0. The van der Waals surface area contributed by atoms with E-state index in [1.165, 1.54) is 18.4 Å². The lowest BCUT2D eigenvalue weighted by Gasteiger charge is -2.56. The third-order valence-electron chi connectivity index (χ3n) is 8.10. The number of hydrogen-bond donors (Lipinski definition) is 0. The molecule has 6 rings (SSSR count). The predicted molar refractivity (Wildman–Crippen MR) is 139 cm³/mol. The number of allylic oxidation sites excluding steroid dienone is 4. The Labute approximate surface area is 204 Å². The van der Waals surface area contributed by atoms with Crippen molar-refractivity contribution in [3.8, 4) is 6.07 Å². The molecule has 1 fully saturated rings. The average Bonchev–Trinajstić information content (AvgIpc) is 2.92. The van der Waals surface area contributed by atoms with Crippen LogP contribution < -0.4 is 5.19 Å². The van der Waals surface area contributed by atoms with E-state index in [9.17, 15) is 5.26 Å². The minimum atomic E-state index is -0.768. The molecule has 2 aromatic rings. The van der Waals surface area contributed by atoms with Gasteiger partial charge in [0.15, 0.2) is 0 Å². The molecule has 2 heterocycles. The zero-order chi connectivity index (χ0) is 22.9. The second kappa shape index (κ2) is 9.33. The second-order valence-corrected chi connectivity index (χ2v) is 12.8. The molecule has 6 unspecified atom stereocenters. The van der Waals surface area contributed by atoms with E-state index in [1.807, 2.05) is 12.3 Å². The molecule has 34 heavy (non-hydrogen) atoms. The average molecular weight is 461 g/mol. The largest absolute Gasteiger partial charge is 0.284 e. The van der Waals surface area contributed by atoms with Gasteiger partial charge in [-0.1, -0.05) is 84.1 Å². The highest BCUT2D eigenvalue weighted by atomic mass is 28.3. The van der Waals surface area contributed by atoms with Crippen molar-refractivity contribution in [3.63, 3.8) is 0 Å². The molecule has 1 radical (unpaired) electrons. The smallest absolute Gasteiger partial charge is 0.101 e. The van der Waals surface area contributed by atoms with Crippen molar-refractivity contribution in [2.24, 2.45) is 0 Å². The number of benzene rings is 1. The fraction of sp³-hybridized carbons (Fsp3) is 0.333. The van der Waals surface area contributed by atoms with Gasteiger partial charge in [0.05, 0.1) is 14.4 Å². The first-order valence-electron chi connectivity index (χ1n) is 12.6. The van der Waals surface area contributed by atoms with Gasteiger partial charge in [0.1, 0.15) is 6.07 Å². The molecule has 1 aromatic heterocycles. The quantitative estimate of drug-likeness (QED) is 0.453. The molecule has 0 bridgehead atoms. The maximum Gasteiger partial charge on any atom is 0.101 e. The summed E-state index contributed by atoms with van der Waals surface area (Å²) in [5.74, 6) is 0.407. The van der Waals surface area contributed by atoms with Gasteiger partial charge in [-0.2, -0.15) is 5.26 Å². The Hall–Kier alpha value is -3.00. The van der Waals surface area contributed by atoms with Gasteiger partial charge in [-0.3, -0.25) is 9.88 Å². The first-order valence-corrected chi connectivity index (χ1v) is 14.2. The van der Waals surface area contributed by atoms with E-state index in [0.717, 1.165) is 12.8 Å². The van der Waals surface area contributed by atoms with Gasteiger partial charge in [0, 0.05) is 30.5 Å². The molecule has 1 aliphatic heterocycles. The van der Waals surface area contributed by atoms with Crippen LogP contribution >= 0.6 is 0 Å². The van der Waals surface area contributed by atoms with Gasteiger partial charge in [-0.15, -0.1) is 0 Å². The van der Waals surface area contributed by atoms with E-state index >= 15 is 0 Å². The number of aromatic nitrogens is 1. The molecule has 4 aliphatic rings. The van der Waals surface area contributed by atoms with E-state index < -0.39 is 8.80 Å². The van der Waals surface area contributed by atoms with Crippen molar-refractivity contribution in [2.75, 3.05) is 0 Å². The molecule has 3 aliphatic carbocycles. The van der Waals surface area contributed by atoms with Crippen LogP contribution in [0.4, 0.5) is 0 Å². The van der Waals surface area contributed by atoms with Crippen molar-refractivity contribution in [3.05, 3.63) is 109 Å². The van der Waals surface area contributed by atoms with Gasteiger partial charge in [-0.25, -0.2) is 0 Å². The molecule has 6 atom stereocenters. The molecule has 169 valence electrons. The fourth-order valence-electron chi connectivity index (χ4n) is 6.66. The maximum absolute atomic E-state index is 9.36. The van der Waals surface area contributed by atoms with E-state index in [1.54, 1.807) is 11.4 Å². The Morgan fingerprint density at radius 1 is 0.971 bits per heavy atom. The lowest BCUT2D eigenvalue weighted by Crippen LogP contribution is -2.63. The van der Waals surface area contributed by atoms with Crippen LogP contribution in [0.2, 0.25) is 11.1 Å². The molecule has 4 heteroatoms. The van der Waals surface area contributed by atoms with Crippen LogP contribution in [0.25, 0.3) is 0 Å². The van der Waals surface area contributed by atoms with Crippen LogP contribution in [0.1, 0.15) is 42.7 Å². The predicted octanol–water partition coefficient (Wildman–Crippen LogP) is 5.43. The lowest BCUT2D eigenvalue weighted by molar-refractivity contribution is 0.112. The molecule has 0 N–H and O–H groups in total. The summed E-state index contributed by atoms with van der Waals surface area (Å²) >= 11 is 0. The molecule has 1 saturated heterocycles. The Kier molecular flexibility index (Phi) is 5.91. The number of hydrogen-bond acceptors (Lipinski definition) is 3. The van der Waals surface area contributed by atoms with E-state index in [-0.39, 0.29) is 0 Å². The molecule has 0 saturated carbocycles. The Bertz CT molecular complexity index is 1190. The lowest BCUT2D eigenvalue weighted by atomic mass is 9.83. The number of fused-ring (bicyclic) bond motifs is 2. The fourth-order valence-corrected chi connectivity index (χ4v) is 10.6. The Morgan fingerprint density at radius 3 is 2.74 bits per heavy atom. The van der Waals surface area contributed by atoms with Crippen LogP contribution in [0.3, 0.4) is 0 Å². The minimum absolute atomic E-state index is 0.391. The standard InChI is InChI=1S/C30H30N3Si/c31-19-22-17-24(21-32-20-22)23-9-8-10-25(18-23)33-27-13-4-6-15-29(27)34(26-11-2-1-3-12-26)30-16-7-5-14-28(30)33/h1-6,8,10-15,17,20-21,23,25,27-30H,7,9,16,18H2. The summed E-state index contributed by atoms with van der Waals surface area (Å²) in [7, 11) is -0.768. The Morgan fingerprint density at radius 2 is 1.85 bits per heavy atom. The number of rotatable bonds is 3. The highest BCUT2D eigenvalue weighted by Crippen LogP contribution is 2.48. The topological polar surface area (TPSA) is 39.9 Å². The number of pyridine rings is 1. The van der Waals surface area contributed by atoms with Crippen LogP contribution in [0.5, 0.6) is 0 Å². The SMILES string of the molecule is N#Cc1cncc(C2CC=CC(N3C4C=CC=CC4[Si](c4ccccc4)C4CCC=CC43)C2)c1. The van der Waals surface area contributed by atoms with Crippen molar-refractivity contribution in [1.29, 1.82) is 5.26 Å². The molecule has 1 aromatic carbocycles. The zero-order valence-corrected chi connectivity index (χ0v) is 20.4. The highest BCUT2D eigenvalue weighted by molar-refractivity contribution is 6.77. The van der Waals surface area contributed by atoms with E-state index in [2.05, 4.69) is 94.9 Å². The molecular formula is C30H30N3Si. The molecule has 3 nitrogen and oxygen atoms in total. The van der Waals surface area contributed by atoms with Gasteiger partial charge in [0.2, 0.25) is 0 Å². The Balaban J connectivity index is 1.36. The van der Waals surface area contributed by atoms with E-state index in [0.29, 0.717) is 40.7 Å². The summed E-state index contributed by atoms with van der Waals surface area (Å²) in [5.41, 5.74) is 3.16. The zero-order valence-electron chi connectivity index (χ0n) is 19.4. The second-order valence-electron chi connectivity index (χ2n) is 9.94. The normalized spacial score (nSPS) is 32.7. The summed E-state index contributed by atoms with van der Waals surface area (Å²) in [5, 5.41) is 10.9. The number of nitriles is 1. The third-order valence-corrected chi connectivity index (χ3v) is 11.8. The highest BCUT2D eigenvalue weighted by Gasteiger charge is 2.50. The first-order chi connectivity index (χ1) is 16.8.